The van der Waals surface area contributed by atoms with Gasteiger partial charge in [-0.05, 0) is 24.3 Å². The van der Waals surface area contributed by atoms with E-state index in [4.69, 9.17) is 21.1 Å². The largest absolute Gasteiger partial charge is 0.505 e. The third-order valence-corrected chi connectivity index (χ3v) is 4.79. The van der Waals surface area contributed by atoms with E-state index in [1.165, 1.54) is 25.3 Å². The number of benzene rings is 1. The number of carbonyl (C=O) groups excluding carboxylic acids is 1. The van der Waals surface area contributed by atoms with E-state index in [9.17, 15) is 14.3 Å². The Morgan fingerprint density at radius 2 is 1.97 bits per heavy atom. The predicted molar refractivity (Wildman–Crippen MR) is 104 cm³/mol. The number of phenols is 1. The molecular formula is C19H16ClFN4O4. The van der Waals surface area contributed by atoms with Gasteiger partial charge in [0.2, 0.25) is 5.95 Å². The minimum Gasteiger partial charge on any atom is -0.505 e. The highest BCUT2D eigenvalue weighted by Crippen LogP contribution is 2.33. The summed E-state index contributed by atoms with van der Waals surface area (Å²) in [6, 6.07) is 5.23. The third kappa shape index (κ3) is 3.66. The van der Waals surface area contributed by atoms with Gasteiger partial charge >= 0.3 is 5.97 Å². The van der Waals surface area contributed by atoms with Crippen molar-refractivity contribution >= 4 is 34.6 Å². The second-order valence-electron chi connectivity index (χ2n) is 6.32. The number of aromatic hydroxyl groups is 1. The number of fused-ring (bicyclic) bond motifs is 1. The van der Waals surface area contributed by atoms with Gasteiger partial charge in [-0.15, -0.1) is 0 Å². The van der Waals surface area contributed by atoms with Crippen LogP contribution in [0.25, 0.3) is 22.3 Å². The van der Waals surface area contributed by atoms with Gasteiger partial charge in [0.15, 0.2) is 17.3 Å². The number of hydrogen-bond acceptors (Lipinski definition) is 8. The molecule has 1 fully saturated rings. The second kappa shape index (κ2) is 7.76. The molecule has 1 aliphatic rings. The fourth-order valence-corrected chi connectivity index (χ4v) is 3.26. The summed E-state index contributed by atoms with van der Waals surface area (Å²) in [5, 5.41) is 9.72. The number of halogens is 2. The van der Waals surface area contributed by atoms with Gasteiger partial charge in [0, 0.05) is 18.7 Å². The molecular weight excluding hydrogens is 403 g/mol. The molecule has 10 heteroatoms. The number of ether oxygens (including phenoxy) is 2. The molecule has 0 amide bonds. The maximum Gasteiger partial charge on any atom is 0.356 e. The maximum absolute atomic E-state index is 14.0. The summed E-state index contributed by atoms with van der Waals surface area (Å²) >= 11 is 6.39. The number of morpholine rings is 1. The lowest BCUT2D eigenvalue weighted by Crippen LogP contribution is -2.37. The smallest absolute Gasteiger partial charge is 0.356 e. The van der Waals surface area contributed by atoms with Crippen LogP contribution in [0.5, 0.6) is 5.75 Å². The van der Waals surface area contributed by atoms with Crippen molar-refractivity contribution in [3.63, 3.8) is 0 Å². The zero-order valence-corrected chi connectivity index (χ0v) is 16.1. The SMILES string of the molecule is COC(=O)c1cc(Cl)c2nc(N3CCOCC3)nc(-c3ccc(O)c(F)c3)c2n1. The highest BCUT2D eigenvalue weighted by Gasteiger charge is 2.22. The van der Waals surface area contributed by atoms with Gasteiger partial charge in [0.05, 0.1) is 25.3 Å². The summed E-state index contributed by atoms with van der Waals surface area (Å²) in [7, 11) is 1.23. The Balaban J connectivity index is 1.98. The Hall–Kier alpha value is -3.04. The van der Waals surface area contributed by atoms with Crippen LogP contribution in [0.1, 0.15) is 10.5 Å². The van der Waals surface area contributed by atoms with Crippen molar-refractivity contribution in [1.29, 1.82) is 0 Å². The number of methoxy groups -OCH3 is 1. The molecule has 4 rings (SSSR count). The molecule has 3 heterocycles. The van der Waals surface area contributed by atoms with Crippen molar-refractivity contribution in [2.24, 2.45) is 0 Å². The first-order valence-corrected chi connectivity index (χ1v) is 9.14. The van der Waals surface area contributed by atoms with Crippen LogP contribution in [0.4, 0.5) is 10.3 Å². The Morgan fingerprint density at radius 1 is 1.21 bits per heavy atom. The molecule has 8 nitrogen and oxygen atoms in total. The number of hydrogen-bond donors (Lipinski definition) is 1. The number of esters is 1. The molecule has 0 bridgehead atoms. The summed E-state index contributed by atoms with van der Waals surface area (Å²) in [4.78, 5) is 27.3. The summed E-state index contributed by atoms with van der Waals surface area (Å²) in [5.41, 5.74) is 1.16. The van der Waals surface area contributed by atoms with E-state index in [1.54, 1.807) is 0 Å². The molecule has 0 radical (unpaired) electrons. The number of rotatable bonds is 3. The summed E-state index contributed by atoms with van der Waals surface area (Å²) in [6.07, 6.45) is 0. The number of pyridine rings is 1. The molecule has 3 aromatic rings. The molecule has 150 valence electrons. The van der Waals surface area contributed by atoms with Crippen LogP contribution >= 0.6 is 11.6 Å². The lowest BCUT2D eigenvalue weighted by molar-refractivity contribution is 0.0594. The van der Waals surface area contributed by atoms with E-state index >= 15 is 0 Å². The van der Waals surface area contributed by atoms with Gasteiger partial charge < -0.3 is 19.5 Å². The van der Waals surface area contributed by atoms with Crippen LogP contribution in [0.3, 0.4) is 0 Å². The van der Waals surface area contributed by atoms with Crippen LogP contribution in [-0.2, 0) is 9.47 Å². The molecule has 1 N–H and O–H groups in total. The van der Waals surface area contributed by atoms with Crippen molar-refractivity contribution in [3.05, 3.63) is 40.8 Å². The van der Waals surface area contributed by atoms with Crippen LogP contribution in [-0.4, -0.2) is 59.4 Å². The molecule has 1 aliphatic heterocycles. The van der Waals surface area contributed by atoms with E-state index in [0.29, 0.717) is 43.3 Å². The second-order valence-corrected chi connectivity index (χ2v) is 6.72. The van der Waals surface area contributed by atoms with Crippen molar-refractivity contribution in [1.82, 2.24) is 15.0 Å². The lowest BCUT2D eigenvalue weighted by Gasteiger charge is -2.27. The number of nitrogens with zero attached hydrogens (tertiary/aromatic N) is 4. The lowest BCUT2D eigenvalue weighted by atomic mass is 10.1. The quantitative estimate of drug-likeness (QED) is 0.648. The monoisotopic (exact) mass is 418 g/mol. The Morgan fingerprint density at radius 3 is 2.66 bits per heavy atom. The van der Waals surface area contributed by atoms with E-state index in [-0.39, 0.29) is 21.9 Å². The molecule has 0 aliphatic carbocycles. The number of anilines is 1. The van der Waals surface area contributed by atoms with Gasteiger partial charge in [-0.2, -0.15) is 0 Å². The molecule has 0 atom stereocenters. The van der Waals surface area contributed by atoms with Crippen LogP contribution < -0.4 is 4.90 Å². The molecule has 0 spiro atoms. The topological polar surface area (TPSA) is 97.7 Å². The van der Waals surface area contributed by atoms with Crippen LogP contribution in [0, 0.1) is 5.82 Å². The molecule has 1 aromatic carbocycles. The van der Waals surface area contributed by atoms with E-state index < -0.39 is 17.5 Å². The maximum atomic E-state index is 14.0. The van der Waals surface area contributed by atoms with Crippen molar-refractivity contribution < 1.29 is 23.8 Å². The van der Waals surface area contributed by atoms with E-state index in [2.05, 4.69) is 15.0 Å². The fourth-order valence-electron chi connectivity index (χ4n) is 3.03. The zero-order valence-electron chi connectivity index (χ0n) is 15.4. The summed E-state index contributed by atoms with van der Waals surface area (Å²) in [5.74, 6) is -1.58. The summed E-state index contributed by atoms with van der Waals surface area (Å²) < 4.78 is 24.1. The van der Waals surface area contributed by atoms with Gasteiger partial charge in [0.25, 0.3) is 0 Å². The first kappa shape index (κ1) is 19.3. The number of phenolic OH excluding ortho intramolecular Hbond substituents is 1. The van der Waals surface area contributed by atoms with Crippen LogP contribution in [0.15, 0.2) is 24.3 Å². The normalized spacial score (nSPS) is 14.2. The molecule has 0 unspecified atom stereocenters. The van der Waals surface area contributed by atoms with Gasteiger partial charge in [-0.25, -0.2) is 24.1 Å². The first-order valence-electron chi connectivity index (χ1n) is 8.76. The van der Waals surface area contributed by atoms with E-state index in [0.717, 1.165) is 6.07 Å². The zero-order chi connectivity index (χ0) is 20.5. The average Bonchev–Trinajstić information content (AvgIpc) is 2.75. The predicted octanol–water partition coefficient (Wildman–Crippen LogP) is 2.81. The molecule has 29 heavy (non-hydrogen) atoms. The fraction of sp³-hybridized carbons (Fsp3) is 0.263. The molecule has 0 saturated carbocycles. The minimum atomic E-state index is -0.808. The highest BCUT2D eigenvalue weighted by molar-refractivity contribution is 6.35. The van der Waals surface area contributed by atoms with Gasteiger partial charge in [0.1, 0.15) is 16.7 Å². The highest BCUT2D eigenvalue weighted by atomic mass is 35.5. The van der Waals surface area contributed by atoms with Gasteiger partial charge in [-0.1, -0.05) is 11.6 Å². The van der Waals surface area contributed by atoms with Crippen molar-refractivity contribution in [3.8, 4) is 17.0 Å². The van der Waals surface area contributed by atoms with E-state index in [1.807, 2.05) is 4.90 Å². The van der Waals surface area contributed by atoms with Crippen molar-refractivity contribution in [2.75, 3.05) is 38.3 Å². The first-order chi connectivity index (χ1) is 14.0. The Bertz CT molecular complexity index is 1110. The Labute approximate surface area is 169 Å². The summed E-state index contributed by atoms with van der Waals surface area (Å²) in [6.45, 7) is 2.22. The van der Waals surface area contributed by atoms with Gasteiger partial charge in [-0.3, -0.25) is 0 Å². The molecule has 2 aromatic heterocycles. The van der Waals surface area contributed by atoms with Crippen molar-refractivity contribution in [2.45, 2.75) is 0 Å². The molecule has 1 saturated heterocycles. The standard InChI is InChI=1S/C19H16ClFN4O4/c1-28-18(27)13-9-11(20)16-17(22-13)15(10-2-3-14(26)12(21)8-10)23-19(24-16)25-4-6-29-7-5-25/h2-3,8-9,26H,4-7H2,1H3. The number of aromatic nitrogens is 3. The minimum absolute atomic E-state index is 0.0202. The third-order valence-electron chi connectivity index (χ3n) is 4.50. The average molecular weight is 419 g/mol. The van der Waals surface area contributed by atoms with Crippen LogP contribution in [0.2, 0.25) is 5.02 Å². The number of carbonyl (C=O) groups is 1. The Kier molecular flexibility index (Phi) is 5.16.